The molecule has 9 nitrogen and oxygen atoms in total. The maximum absolute atomic E-state index is 5.76. The minimum absolute atomic E-state index is 0.155. The average Bonchev–Trinajstić information content (AvgIpc) is 2.62. The Morgan fingerprint density at radius 1 is 1.08 bits per heavy atom. The third-order valence-electron chi connectivity index (χ3n) is 3.53. The van der Waals surface area contributed by atoms with Gasteiger partial charge in [-0.1, -0.05) is 6.92 Å². The molecule has 0 atom stereocenters. The zero-order valence-electron chi connectivity index (χ0n) is 14.9. The SMILES string of the molecule is CCCc1ncc(-c2nc(C)nc(N)n2)c(Nc2ccc(OC)nc2)n1. The molecule has 0 bridgehead atoms. The predicted molar refractivity (Wildman–Crippen MR) is 98.1 cm³/mol. The summed E-state index contributed by atoms with van der Waals surface area (Å²) in [6.45, 7) is 3.84. The summed E-state index contributed by atoms with van der Waals surface area (Å²) in [6.07, 6.45) is 5.08. The largest absolute Gasteiger partial charge is 0.481 e. The van der Waals surface area contributed by atoms with Crippen molar-refractivity contribution in [1.82, 2.24) is 29.9 Å². The van der Waals surface area contributed by atoms with Crippen molar-refractivity contribution in [3.05, 3.63) is 36.2 Å². The van der Waals surface area contributed by atoms with E-state index in [1.807, 2.05) is 6.07 Å². The molecule has 3 N–H and O–H groups in total. The van der Waals surface area contributed by atoms with Gasteiger partial charge in [-0.3, -0.25) is 0 Å². The Morgan fingerprint density at radius 3 is 2.58 bits per heavy atom. The predicted octanol–water partition coefficient (Wildman–Crippen LogP) is 2.32. The molecule has 0 spiro atoms. The second-order valence-corrected chi connectivity index (χ2v) is 5.58. The van der Waals surface area contributed by atoms with Crippen LogP contribution in [0.1, 0.15) is 25.0 Å². The fourth-order valence-corrected chi connectivity index (χ4v) is 2.36. The minimum Gasteiger partial charge on any atom is -0.481 e. The molecule has 3 aromatic rings. The first-order chi connectivity index (χ1) is 12.6. The summed E-state index contributed by atoms with van der Waals surface area (Å²) >= 11 is 0. The van der Waals surface area contributed by atoms with E-state index < -0.39 is 0 Å². The molecule has 9 heteroatoms. The monoisotopic (exact) mass is 352 g/mol. The van der Waals surface area contributed by atoms with E-state index in [0.717, 1.165) is 24.4 Å². The van der Waals surface area contributed by atoms with E-state index in [-0.39, 0.29) is 5.95 Å². The van der Waals surface area contributed by atoms with Crippen LogP contribution in [0.4, 0.5) is 17.5 Å². The standard InChI is InChI=1S/C17H20N8O/c1-4-5-13-19-9-12(15-21-10(2)22-17(18)25-15)16(24-13)23-11-6-7-14(26-3)20-8-11/h6-9H,4-5H2,1-3H3,(H,19,23,24)(H2,18,21,22,25). The van der Waals surface area contributed by atoms with Crippen LogP contribution in [0.2, 0.25) is 0 Å². The molecule has 0 aliphatic carbocycles. The second-order valence-electron chi connectivity index (χ2n) is 5.58. The van der Waals surface area contributed by atoms with Crippen LogP contribution in [0.3, 0.4) is 0 Å². The normalized spacial score (nSPS) is 10.6. The van der Waals surface area contributed by atoms with Crippen LogP contribution in [0.5, 0.6) is 5.88 Å². The summed E-state index contributed by atoms with van der Waals surface area (Å²) in [5, 5.41) is 3.25. The van der Waals surface area contributed by atoms with Crippen molar-refractivity contribution in [2.24, 2.45) is 0 Å². The molecular weight excluding hydrogens is 332 g/mol. The number of methoxy groups -OCH3 is 1. The molecule has 3 rings (SSSR count). The summed E-state index contributed by atoms with van der Waals surface area (Å²) in [4.78, 5) is 25.8. The van der Waals surface area contributed by atoms with E-state index in [2.05, 4.69) is 42.1 Å². The fourth-order valence-electron chi connectivity index (χ4n) is 2.36. The van der Waals surface area contributed by atoms with Crippen molar-refractivity contribution in [3.8, 4) is 17.3 Å². The van der Waals surface area contributed by atoms with Gasteiger partial charge < -0.3 is 15.8 Å². The van der Waals surface area contributed by atoms with Gasteiger partial charge in [0.15, 0.2) is 5.82 Å². The number of nitrogens with zero attached hydrogens (tertiary/aromatic N) is 6. The summed E-state index contributed by atoms with van der Waals surface area (Å²) in [7, 11) is 1.57. The van der Waals surface area contributed by atoms with Gasteiger partial charge in [-0.05, 0) is 19.4 Å². The van der Waals surface area contributed by atoms with Crippen LogP contribution in [0, 0.1) is 6.92 Å². The number of nitrogens with one attached hydrogen (secondary N) is 1. The summed E-state index contributed by atoms with van der Waals surface area (Å²) in [5.41, 5.74) is 7.15. The third-order valence-corrected chi connectivity index (χ3v) is 3.53. The Morgan fingerprint density at radius 2 is 1.92 bits per heavy atom. The quantitative estimate of drug-likeness (QED) is 0.687. The molecule has 0 fully saturated rings. The van der Waals surface area contributed by atoms with Crippen molar-refractivity contribution in [1.29, 1.82) is 0 Å². The highest BCUT2D eigenvalue weighted by molar-refractivity contribution is 5.73. The van der Waals surface area contributed by atoms with Gasteiger partial charge in [-0.2, -0.15) is 9.97 Å². The van der Waals surface area contributed by atoms with Crippen molar-refractivity contribution in [3.63, 3.8) is 0 Å². The number of nitrogen functional groups attached to an aromatic ring is 1. The smallest absolute Gasteiger partial charge is 0.223 e. The lowest BCUT2D eigenvalue weighted by molar-refractivity contribution is 0.398. The zero-order valence-corrected chi connectivity index (χ0v) is 14.9. The van der Waals surface area contributed by atoms with Crippen molar-refractivity contribution < 1.29 is 4.74 Å². The molecule has 0 aromatic carbocycles. The number of rotatable bonds is 6. The molecular formula is C17H20N8O. The van der Waals surface area contributed by atoms with Gasteiger partial charge in [0.2, 0.25) is 11.8 Å². The van der Waals surface area contributed by atoms with Gasteiger partial charge in [0.25, 0.3) is 0 Å². The summed E-state index contributed by atoms with van der Waals surface area (Å²) in [6, 6.07) is 3.62. The Labute approximate surface area is 151 Å². The first kappa shape index (κ1) is 17.5. The topological polar surface area (TPSA) is 125 Å². The van der Waals surface area contributed by atoms with E-state index in [4.69, 9.17) is 10.5 Å². The number of ether oxygens (including phenoxy) is 1. The number of hydrogen-bond acceptors (Lipinski definition) is 9. The number of aromatic nitrogens is 6. The van der Waals surface area contributed by atoms with Crippen molar-refractivity contribution >= 4 is 17.5 Å². The minimum atomic E-state index is 0.155. The maximum Gasteiger partial charge on any atom is 0.223 e. The molecule has 0 saturated heterocycles. The molecule has 134 valence electrons. The summed E-state index contributed by atoms with van der Waals surface area (Å²) < 4.78 is 5.08. The van der Waals surface area contributed by atoms with Gasteiger partial charge in [0.05, 0.1) is 24.6 Å². The zero-order chi connectivity index (χ0) is 18.5. The van der Waals surface area contributed by atoms with E-state index in [1.54, 1.807) is 32.5 Å². The highest BCUT2D eigenvalue weighted by Gasteiger charge is 2.14. The Kier molecular flexibility index (Phi) is 5.16. The number of hydrogen-bond donors (Lipinski definition) is 2. The first-order valence-corrected chi connectivity index (χ1v) is 8.20. The molecule has 3 aromatic heterocycles. The average molecular weight is 352 g/mol. The lowest BCUT2D eigenvalue weighted by Crippen LogP contribution is -2.07. The highest BCUT2D eigenvalue weighted by Crippen LogP contribution is 2.26. The van der Waals surface area contributed by atoms with Crippen LogP contribution >= 0.6 is 0 Å². The Hall–Kier alpha value is -3.36. The number of pyridine rings is 1. The van der Waals surface area contributed by atoms with Crippen molar-refractivity contribution in [2.75, 3.05) is 18.2 Å². The Bertz CT molecular complexity index is 878. The lowest BCUT2D eigenvalue weighted by Gasteiger charge is -2.12. The maximum atomic E-state index is 5.76. The van der Waals surface area contributed by atoms with Gasteiger partial charge in [0, 0.05) is 18.7 Å². The van der Waals surface area contributed by atoms with E-state index in [1.165, 1.54) is 0 Å². The van der Waals surface area contributed by atoms with Gasteiger partial charge in [-0.25, -0.2) is 19.9 Å². The van der Waals surface area contributed by atoms with Gasteiger partial charge in [0.1, 0.15) is 17.5 Å². The molecule has 0 amide bonds. The van der Waals surface area contributed by atoms with Crippen LogP contribution < -0.4 is 15.8 Å². The number of anilines is 3. The molecule has 0 radical (unpaired) electrons. The van der Waals surface area contributed by atoms with Gasteiger partial charge in [-0.15, -0.1) is 0 Å². The molecule has 3 heterocycles. The Balaban J connectivity index is 2.02. The number of aryl methyl sites for hydroxylation is 2. The highest BCUT2D eigenvalue weighted by atomic mass is 16.5. The fraction of sp³-hybridized carbons (Fsp3) is 0.294. The van der Waals surface area contributed by atoms with Crippen molar-refractivity contribution in [2.45, 2.75) is 26.7 Å². The van der Waals surface area contributed by atoms with Crippen LogP contribution in [-0.2, 0) is 6.42 Å². The molecule has 0 saturated carbocycles. The molecule has 0 aliphatic rings. The van der Waals surface area contributed by atoms with E-state index >= 15 is 0 Å². The number of nitrogens with two attached hydrogens (primary N) is 1. The van der Waals surface area contributed by atoms with Crippen LogP contribution in [0.15, 0.2) is 24.5 Å². The van der Waals surface area contributed by atoms with Crippen LogP contribution in [0.25, 0.3) is 11.4 Å². The first-order valence-electron chi connectivity index (χ1n) is 8.20. The molecule has 0 aliphatic heterocycles. The third kappa shape index (κ3) is 4.00. The van der Waals surface area contributed by atoms with E-state index in [0.29, 0.717) is 28.9 Å². The van der Waals surface area contributed by atoms with Crippen LogP contribution in [-0.4, -0.2) is 37.0 Å². The van der Waals surface area contributed by atoms with E-state index in [9.17, 15) is 0 Å². The second kappa shape index (κ2) is 7.68. The lowest BCUT2D eigenvalue weighted by atomic mass is 10.2. The summed E-state index contributed by atoms with van der Waals surface area (Å²) in [5.74, 6) is 2.96. The van der Waals surface area contributed by atoms with Gasteiger partial charge >= 0.3 is 0 Å². The molecule has 26 heavy (non-hydrogen) atoms. The molecule has 0 unspecified atom stereocenters.